The van der Waals surface area contributed by atoms with Crippen LogP contribution in [-0.4, -0.2) is 20.0 Å². The summed E-state index contributed by atoms with van der Waals surface area (Å²) in [6.07, 6.45) is 11.1. The maximum Gasteiger partial charge on any atom is 0.0289 e. The number of nitrogens with zero attached hydrogens (tertiary/aromatic N) is 2. The van der Waals surface area contributed by atoms with Crippen LogP contribution in [0.25, 0.3) is 0 Å². The Bertz CT molecular complexity index is 232. The van der Waals surface area contributed by atoms with Crippen LogP contribution in [0.3, 0.4) is 0 Å². The van der Waals surface area contributed by atoms with Crippen LogP contribution in [0, 0.1) is 0 Å². The van der Waals surface area contributed by atoms with E-state index in [1.807, 2.05) is 31.2 Å². The third-order valence-electron chi connectivity index (χ3n) is 1.11. The lowest BCUT2D eigenvalue weighted by Crippen LogP contribution is -1.65. The highest BCUT2D eigenvalue weighted by Crippen LogP contribution is 1.94. The lowest BCUT2D eigenvalue weighted by molar-refractivity contribution is 1.44. The first kappa shape index (κ1) is 10.6. The Kier molecular flexibility index (Phi) is 6.74. The van der Waals surface area contributed by atoms with E-state index in [1.165, 1.54) is 0 Å². The van der Waals surface area contributed by atoms with Crippen molar-refractivity contribution in [2.24, 2.45) is 9.98 Å². The van der Waals surface area contributed by atoms with Crippen LogP contribution in [-0.2, 0) is 0 Å². The molecule has 64 valence electrons. The van der Waals surface area contributed by atoms with Crippen molar-refractivity contribution in [1.29, 1.82) is 0 Å². The fourth-order valence-electron chi connectivity index (χ4n) is 0.594. The topological polar surface area (TPSA) is 24.7 Å². The number of hydrogen-bond donors (Lipinski definition) is 0. The molecular formula is C10H14N2. The van der Waals surface area contributed by atoms with Gasteiger partial charge in [0.25, 0.3) is 0 Å². The van der Waals surface area contributed by atoms with E-state index in [0.29, 0.717) is 0 Å². The molecule has 0 aromatic rings. The van der Waals surface area contributed by atoms with Gasteiger partial charge in [-0.3, -0.25) is 9.98 Å². The molecule has 2 heteroatoms. The SMILES string of the molecule is C=N/C=C(C)/C=C\C=C/C=N/C. The molecular weight excluding hydrogens is 148 g/mol. The van der Waals surface area contributed by atoms with Crippen molar-refractivity contribution in [3.8, 4) is 0 Å². The van der Waals surface area contributed by atoms with Crippen LogP contribution in [0.15, 0.2) is 46.1 Å². The van der Waals surface area contributed by atoms with E-state index < -0.39 is 0 Å². The quantitative estimate of drug-likeness (QED) is 0.448. The number of rotatable bonds is 4. The highest BCUT2D eigenvalue weighted by molar-refractivity contribution is 5.71. The van der Waals surface area contributed by atoms with Gasteiger partial charge >= 0.3 is 0 Å². The second-order valence-corrected chi connectivity index (χ2v) is 2.21. The van der Waals surface area contributed by atoms with Gasteiger partial charge in [-0.25, -0.2) is 0 Å². The van der Waals surface area contributed by atoms with Crippen LogP contribution in [0.5, 0.6) is 0 Å². The van der Waals surface area contributed by atoms with Crippen molar-refractivity contribution in [3.63, 3.8) is 0 Å². The highest BCUT2D eigenvalue weighted by Gasteiger charge is 1.74. The number of aliphatic imine (C=N–C) groups is 2. The minimum Gasteiger partial charge on any atom is -0.297 e. The summed E-state index contributed by atoms with van der Waals surface area (Å²) >= 11 is 0. The molecule has 2 nitrogen and oxygen atoms in total. The maximum atomic E-state index is 3.80. The monoisotopic (exact) mass is 162 g/mol. The molecule has 0 N–H and O–H groups in total. The molecule has 0 heterocycles. The second-order valence-electron chi connectivity index (χ2n) is 2.21. The molecule has 0 unspecified atom stereocenters. The van der Waals surface area contributed by atoms with Crippen LogP contribution in [0.2, 0.25) is 0 Å². The first-order valence-corrected chi connectivity index (χ1v) is 3.69. The van der Waals surface area contributed by atoms with Gasteiger partial charge in [-0.15, -0.1) is 0 Å². The Labute approximate surface area is 73.7 Å². The summed E-state index contributed by atoms with van der Waals surface area (Å²) < 4.78 is 0. The number of allylic oxidation sites excluding steroid dienone is 5. The molecule has 0 aliphatic carbocycles. The second kappa shape index (κ2) is 7.66. The van der Waals surface area contributed by atoms with E-state index in [1.54, 1.807) is 19.5 Å². The van der Waals surface area contributed by atoms with Crippen LogP contribution in [0.4, 0.5) is 0 Å². The molecule has 0 fully saturated rings. The van der Waals surface area contributed by atoms with E-state index in [-0.39, 0.29) is 0 Å². The van der Waals surface area contributed by atoms with Crippen LogP contribution in [0.1, 0.15) is 6.92 Å². The largest absolute Gasteiger partial charge is 0.297 e. The molecule has 0 atom stereocenters. The van der Waals surface area contributed by atoms with Gasteiger partial charge in [-0.1, -0.05) is 18.2 Å². The maximum absolute atomic E-state index is 3.80. The van der Waals surface area contributed by atoms with E-state index in [0.717, 1.165) is 5.57 Å². The van der Waals surface area contributed by atoms with E-state index in [9.17, 15) is 0 Å². The van der Waals surface area contributed by atoms with Crippen molar-refractivity contribution in [2.75, 3.05) is 7.05 Å². The van der Waals surface area contributed by atoms with Crippen molar-refractivity contribution in [1.82, 2.24) is 0 Å². The zero-order valence-corrected chi connectivity index (χ0v) is 7.57. The fourth-order valence-corrected chi connectivity index (χ4v) is 0.594. The molecule has 0 radical (unpaired) electrons. The van der Waals surface area contributed by atoms with Gasteiger partial charge in [0.1, 0.15) is 0 Å². The Morgan fingerprint density at radius 3 is 2.58 bits per heavy atom. The van der Waals surface area contributed by atoms with Gasteiger partial charge in [0, 0.05) is 19.5 Å². The van der Waals surface area contributed by atoms with Gasteiger partial charge in [0.2, 0.25) is 0 Å². The lowest BCUT2D eigenvalue weighted by Gasteiger charge is -1.83. The molecule has 0 bridgehead atoms. The van der Waals surface area contributed by atoms with E-state index >= 15 is 0 Å². The van der Waals surface area contributed by atoms with E-state index in [4.69, 9.17) is 0 Å². The van der Waals surface area contributed by atoms with Gasteiger partial charge in [0.05, 0.1) is 0 Å². The predicted octanol–water partition coefficient (Wildman–Crippen LogP) is 2.40. The predicted molar refractivity (Wildman–Crippen MR) is 56.0 cm³/mol. The van der Waals surface area contributed by atoms with Crippen molar-refractivity contribution < 1.29 is 0 Å². The lowest BCUT2D eigenvalue weighted by atomic mass is 10.3. The zero-order chi connectivity index (χ0) is 9.23. The normalized spacial score (nSPS) is 13.7. The van der Waals surface area contributed by atoms with Crippen LogP contribution < -0.4 is 0 Å². The minimum atomic E-state index is 1.07. The molecule has 0 spiro atoms. The number of hydrogen-bond acceptors (Lipinski definition) is 2. The van der Waals surface area contributed by atoms with Crippen molar-refractivity contribution in [2.45, 2.75) is 6.92 Å². The molecule has 0 amide bonds. The Balaban J connectivity index is 3.91. The summed E-state index contributed by atoms with van der Waals surface area (Å²) in [6, 6.07) is 0. The summed E-state index contributed by atoms with van der Waals surface area (Å²) in [7, 11) is 1.74. The Morgan fingerprint density at radius 2 is 2.00 bits per heavy atom. The first-order chi connectivity index (χ1) is 5.81. The summed E-state index contributed by atoms with van der Waals surface area (Å²) in [5.74, 6) is 0. The molecule has 0 aromatic heterocycles. The minimum absolute atomic E-state index is 1.07. The average Bonchev–Trinajstić information content (AvgIpc) is 2.05. The summed E-state index contributed by atoms with van der Waals surface area (Å²) in [5.41, 5.74) is 1.07. The van der Waals surface area contributed by atoms with Gasteiger partial charge in [-0.05, 0) is 25.3 Å². The molecule has 0 aliphatic heterocycles. The molecule has 12 heavy (non-hydrogen) atoms. The fraction of sp³-hybridized carbons (Fsp3) is 0.200. The standard InChI is InChI=1S/C10H14N2/c1-10(9-12-3)7-5-4-6-8-11-2/h4-9H,3H2,1-2H3/b6-4-,7-5-,10-9+,11-8+. The summed E-state index contributed by atoms with van der Waals surface area (Å²) in [5, 5.41) is 0. The van der Waals surface area contributed by atoms with Crippen LogP contribution >= 0.6 is 0 Å². The third kappa shape index (κ3) is 6.68. The summed E-state index contributed by atoms with van der Waals surface area (Å²) in [6.45, 7) is 5.32. The Morgan fingerprint density at radius 1 is 1.25 bits per heavy atom. The van der Waals surface area contributed by atoms with Crippen molar-refractivity contribution in [3.05, 3.63) is 36.1 Å². The van der Waals surface area contributed by atoms with Gasteiger partial charge in [0.15, 0.2) is 0 Å². The molecule has 0 aliphatic rings. The zero-order valence-electron chi connectivity index (χ0n) is 7.57. The first-order valence-electron chi connectivity index (χ1n) is 3.69. The Hall–Kier alpha value is -1.44. The summed E-state index contributed by atoms with van der Waals surface area (Å²) in [4.78, 5) is 7.44. The molecule has 0 saturated carbocycles. The smallest absolute Gasteiger partial charge is 0.0289 e. The van der Waals surface area contributed by atoms with Gasteiger partial charge < -0.3 is 0 Å². The van der Waals surface area contributed by atoms with Gasteiger partial charge in [-0.2, -0.15) is 0 Å². The van der Waals surface area contributed by atoms with Crippen molar-refractivity contribution >= 4 is 12.9 Å². The van der Waals surface area contributed by atoms with E-state index in [2.05, 4.69) is 16.7 Å². The molecule has 0 aromatic carbocycles. The third-order valence-corrected chi connectivity index (χ3v) is 1.11. The average molecular weight is 162 g/mol. The molecule has 0 rings (SSSR count). The highest BCUT2D eigenvalue weighted by atomic mass is 14.6. The molecule has 0 saturated heterocycles.